The number of carbonyl (C=O) groups excluding carboxylic acids is 1. The van der Waals surface area contributed by atoms with Gasteiger partial charge in [0.25, 0.3) is 5.91 Å². The molecule has 2 aromatic heterocycles. The molecule has 0 atom stereocenters. The fourth-order valence-electron chi connectivity index (χ4n) is 2.44. The van der Waals surface area contributed by atoms with Crippen LogP contribution in [0, 0.1) is 0 Å². The lowest BCUT2D eigenvalue weighted by atomic mass is 10.2. The van der Waals surface area contributed by atoms with E-state index in [1.807, 2.05) is 29.4 Å². The highest BCUT2D eigenvalue weighted by atomic mass is 35.5. The van der Waals surface area contributed by atoms with Crippen molar-refractivity contribution in [2.24, 2.45) is 0 Å². The number of aromatic nitrogens is 2. The molecule has 1 amide bonds. The third-order valence-electron chi connectivity index (χ3n) is 3.61. The lowest BCUT2D eigenvalue weighted by Crippen LogP contribution is -2.48. The van der Waals surface area contributed by atoms with Gasteiger partial charge in [0.15, 0.2) is 12.4 Å². The first kappa shape index (κ1) is 13.8. The standard InChI is InChI=1S/C15H15ClN4O/c16-14-2-1-12(11-18-14)15(21)20-9-7-19(8-10-20)13-3-5-17-6-4-13/h1-6,11H,7-10H2/p+1. The number of rotatable bonds is 2. The van der Waals surface area contributed by atoms with Crippen molar-refractivity contribution in [2.45, 2.75) is 0 Å². The molecule has 108 valence electrons. The Labute approximate surface area is 128 Å². The van der Waals surface area contributed by atoms with E-state index in [4.69, 9.17) is 11.6 Å². The predicted octanol–water partition coefficient (Wildman–Crippen LogP) is 1.51. The van der Waals surface area contributed by atoms with Gasteiger partial charge >= 0.3 is 0 Å². The van der Waals surface area contributed by atoms with E-state index in [0.29, 0.717) is 23.8 Å². The van der Waals surface area contributed by atoms with E-state index >= 15 is 0 Å². The number of pyridine rings is 2. The molecule has 1 aliphatic rings. The largest absolute Gasteiger partial charge is 0.368 e. The van der Waals surface area contributed by atoms with Crippen LogP contribution in [0.15, 0.2) is 42.9 Å². The first-order chi connectivity index (χ1) is 10.2. The average molecular weight is 304 g/mol. The number of H-pyrrole nitrogens is 1. The summed E-state index contributed by atoms with van der Waals surface area (Å²) >= 11 is 5.74. The summed E-state index contributed by atoms with van der Waals surface area (Å²) in [6, 6.07) is 7.45. The number of aromatic amines is 1. The fourth-order valence-corrected chi connectivity index (χ4v) is 2.55. The second kappa shape index (κ2) is 6.10. The van der Waals surface area contributed by atoms with Crippen molar-refractivity contribution in [1.29, 1.82) is 0 Å². The molecule has 5 nitrogen and oxygen atoms in total. The average Bonchev–Trinajstić information content (AvgIpc) is 2.56. The molecule has 0 saturated carbocycles. The molecule has 3 rings (SSSR count). The topological polar surface area (TPSA) is 50.6 Å². The minimum Gasteiger partial charge on any atom is -0.368 e. The molecular formula is C15H16ClN4O+. The molecule has 21 heavy (non-hydrogen) atoms. The monoisotopic (exact) mass is 303 g/mol. The molecule has 0 bridgehead atoms. The van der Waals surface area contributed by atoms with Crippen molar-refractivity contribution in [3.05, 3.63) is 53.6 Å². The number of amides is 1. The number of piperazine rings is 1. The van der Waals surface area contributed by atoms with E-state index in [1.165, 1.54) is 11.9 Å². The maximum absolute atomic E-state index is 12.4. The molecule has 3 heterocycles. The van der Waals surface area contributed by atoms with Gasteiger partial charge < -0.3 is 9.80 Å². The number of nitrogens with zero attached hydrogens (tertiary/aromatic N) is 3. The van der Waals surface area contributed by atoms with Crippen molar-refractivity contribution in [2.75, 3.05) is 31.1 Å². The van der Waals surface area contributed by atoms with Crippen LogP contribution in [0.3, 0.4) is 0 Å². The van der Waals surface area contributed by atoms with Gasteiger partial charge in [0.05, 0.1) is 5.56 Å². The molecule has 1 fully saturated rings. The van der Waals surface area contributed by atoms with Crippen LogP contribution in [-0.4, -0.2) is 42.0 Å². The van der Waals surface area contributed by atoms with Gasteiger partial charge in [0.2, 0.25) is 0 Å². The van der Waals surface area contributed by atoms with Crippen molar-refractivity contribution in [3.8, 4) is 0 Å². The minimum absolute atomic E-state index is 0.0141. The zero-order chi connectivity index (χ0) is 14.7. The fraction of sp³-hybridized carbons (Fsp3) is 0.267. The minimum atomic E-state index is 0.0141. The summed E-state index contributed by atoms with van der Waals surface area (Å²) in [6.07, 6.45) is 5.35. The summed E-state index contributed by atoms with van der Waals surface area (Å²) in [5, 5.41) is 0.400. The Morgan fingerprint density at radius 3 is 2.43 bits per heavy atom. The lowest BCUT2D eigenvalue weighted by molar-refractivity contribution is -0.377. The normalized spacial score (nSPS) is 15.1. The summed E-state index contributed by atoms with van der Waals surface area (Å²) in [6.45, 7) is 3.08. The molecule has 0 spiro atoms. The summed E-state index contributed by atoms with van der Waals surface area (Å²) in [5.41, 5.74) is 1.76. The van der Waals surface area contributed by atoms with Crippen LogP contribution in [0.4, 0.5) is 5.69 Å². The number of nitrogens with one attached hydrogen (secondary N) is 1. The molecule has 0 unspecified atom stereocenters. The van der Waals surface area contributed by atoms with E-state index in [9.17, 15) is 4.79 Å². The zero-order valence-electron chi connectivity index (χ0n) is 11.5. The smallest absolute Gasteiger partial charge is 0.255 e. The summed E-state index contributed by atoms with van der Waals surface area (Å²) in [5.74, 6) is 0.0141. The maximum Gasteiger partial charge on any atom is 0.255 e. The molecule has 2 aromatic rings. The van der Waals surface area contributed by atoms with Crippen molar-refractivity contribution in [3.63, 3.8) is 0 Å². The van der Waals surface area contributed by atoms with Gasteiger partial charge in [0.1, 0.15) is 5.15 Å². The first-order valence-electron chi connectivity index (χ1n) is 6.86. The Morgan fingerprint density at radius 2 is 1.81 bits per heavy atom. The van der Waals surface area contributed by atoms with E-state index in [-0.39, 0.29) is 5.91 Å². The van der Waals surface area contributed by atoms with Gasteiger partial charge in [-0.2, -0.15) is 0 Å². The van der Waals surface area contributed by atoms with Crippen LogP contribution in [-0.2, 0) is 0 Å². The van der Waals surface area contributed by atoms with Crippen molar-refractivity contribution in [1.82, 2.24) is 9.88 Å². The Hall–Kier alpha value is -2.14. The molecule has 1 N–H and O–H groups in total. The Balaban J connectivity index is 1.63. The van der Waals surface area contributed by atoms with Crippen LogP contribution in [0.5, 0.6) is 0 Å². The van der Waals surface area contributed by atoms with Crippen LogP contribution in [0.25, 0.3) is 0 Å². The molecule has 0 radical (unpaired) electrons. The van der Waals surface area contributed by atoms with E-state index in [0.717, 1.165) is 13.1 Å². The van der Waals surface area contributed by atoms with Gasteiger partial charge in [-0.15, -0.1) is 0 Å². The van der Waals surface area contributed by atoms with E-state index in [1.54, 1.807) is 12.1 Å². The Bertz CT molecular complexity index is 609. The summed E-state index contributed by atoms with van der Waals surface area (Å²) in [7, 11) is 0. The predicted molar refractivity (Wildman–Crippen MR) is 80.4 cm³/mol. The zero-order valence-corrected chi connectivity index (χ0v) is 12.3. The second-order valence-electron chi connectivity index (χ2n) is 4.91. The lowest BCUT2D eigenvalue weighted by Gasteiger charge is -2.35. The number of halogens is 1. The maximum atomic E-state index is 12.4. The number of hydrogen-bond acceptors (Lipinski definition) is 3. The number of anilines is 1. The molecule has 1 aliphatic heterocycles. The number of hydrogen-bond donors (Lipinski definition) is 0. The first-order valence-corrected chi connectivity index (χ1v) is 7.24. The van der Waals surface area contributed by atoms with Gasteiger partial charge in [-0.3, -0.25) is 4.79 Å². The third kappa shape index (κ3) is 3.13. The molecule has 0 aliphatic carbocycles. The van der Waals surface area contributed by atoms with Crippen LogP contribution in [0.1, 0.15) is 10.4 Å². The third-order valence-corrected chi connectivity index (χ3v) is 3.83. The highest BCUT2D eigenvalue weighted by molar-refractivity contribution is 6.29. The van der Waals surface area contributed by atoms with Crippen LogP contribution in [0.2, 0.25) is 5.15 Å². The van der Waals surface area contributed by atoms with Crippen molar-refractivity contribution < 1.29 is 9.78 Å². The highest BCUT2D eigenvalue weighted by Gasteiger charge is 2.22. The summed E-state index contributed by atoms with van der Waals surface area (Å²) in [4.78, 5) is 23.5. The molecule has 1 saturated heterocycles. The molecule has 0 aromatic carbocycles. The van der Waals surface area contributed by atoms with Gasteiger partial charge in [-0.05, 0) is 12.1 Å². The highest BCUT2D eigenvalue weighted by Crippen LogP contribution is 2.16. The Kier molecular flexibility index (Phi) is 4.01. The number of carbonyl (C=O) groups is 1. The van der Waals surface area contributed by atoms with E-state index < -0.39 is 0 Å². The Morgan fingerprint density at radius 1 is 1.10 bits per heavy atom. The van der Waals surface area contributed by atoms with Gasteiger partial charge in [-0.1, -0.05) is 11.6 Å². The second-order valence-corrected chi connectivity index (χ2v) is 5.29. The van der Waals surface area contributed by atoms with E-state index in [2.05, 4.69) is 14.9 Å². The quantitative estimate of drug-likeness (QED) is 0.790. The van der Waals surface area contributed by atoms with Gasteiger partial charge in [-0.25, -0.2) is 9.97 Å². The van der Waals surface area contributed by atoms with Crippen LogP contribution >= 0.6 is 11.6 Å². The SMILES string of the molecule is O=C(c1ccc(Cl)nc1)N1CCN(c2cc[nH+]cc2)CC1. The van der Waals surface area contributed by atoms with Crippen LogP contribution < -0.4 is 9.88 Å². The molecular weight excluding hydrogens is 288 g/mol. The van der Waals surface area contributed by atoms with Crippen molar-refractivity contribution >= 4 is 23.2 Å². The summed E-state index contributed by atoms with van der Waals surface area (Å²) < 4.78 is 0. The molecule has 6 heteroatoms. The van der Waals surface area contributed by atoms with Gasteiger partial charge in [0, 0.05) is 50.2 Å².